The molecule has 0 aliphatic heterocycles. The lowest BCUT2D eigenvalue weighted by Gasteiger charge is -2.09. The molecule has 1 aromatic carbocycles. The van der Waals surface area contributed by atoms with Crippen molar-refractivity contribution in [2.75, 3.05) is 7.11 Å². The van der Waals surface area contributed by atoms with E-state index in [0.717, 1.165) is 6.29 Å². The first kappa shape index (κ1) is 11.4. The molecule has 0 aromatic heterocycles. The molecule has 1 unspecified atom stereocenters. The van der Waals surface area contributed by atoms with Gasteiger partial charge in [-0.25, -0.2) is 0 Å². The molecule has 1 aromatic rings. The fourth-order valence-corrected chi connectivity index (χ4v) is 1.16. The lowest BCUT2D eigenvalue weighted by Crippen LogP contribution is -2.07. The molecule has 0 radical (unpaired) electrons. The van der Waals surface area contributed by atoms with Gasteiger partial charge in [0.1, 0.15) is 6.29 Å². The molecule has 0 spiro atoms. The highest BCUT2D eigenvalue weighted by Gasteiger charge is 2.12. The van der Waals surface area contributed by atoms with Crippen LogP contribution in [0.3, 0.4) is 0 Å². The maximum Gasteiger partial charge on any atom is 0.308 e. The number of ether oxygens (including phenoxy) is 1. The van der Waals surface area contributed by atoms with Gasteiger partial charge in [-0.1, -0.05) is 24.3 Å². The molecule has 0 saturated heterocycles. The van der Waals surface area contributed by atoms with Crippen LogP contribution in [0.2, 0.25) is 0 Å². The van der Waals surface area contributed by atoms with Gasteiger partial charge in [-0.15, -0.1) is 0 Å². The van der Waals surface area contributed by atoms with Crippen LogP contribution in [0.5, 0.6) is 0 Å². The number of carbonyl (C=O) groups is 2. The quantitative estimate of drug-likeness (QED) is 0.594. The monoisotopic (exact) mass is 208 g/mol. The fourth-order valence-electron chi connectivity index (χ4n) is 1.16. The normalized spacial score (nSPS) is 11.9. The first-order valence-corrected chi connectivity index (χ1v) is 4.47. The van der Waals surface area contributed by atoms with Gasteiger partial charge in [0.25, 0.3) is 0 Å². The van der Waals surface area contributed by atoms with Crippen LogP contribution in [0.15, 0.2) is 24.3 Å². The number of methoxy groups -OCH3 is 1. The number of carbonyl (C=O) groups excluding carboxylic acids is 2. The van der Waals surface area contributed by atoms with Crippen LogP contribution in [0.25, 0.3) is 0 Å². The maximum absolute atomic E-state index is 10.9. The molecular formula is C11H12O4. The van der Waals surface area contributed by atoms with Gasteiger partial charge in [-0.05, 0) is 5.56 Å². The van der Waals surface area contributed by atoms with Gasteiger partial charge in [0.05, 0.1) is 19.6 Å². The summed E-state index contributed by atoms with van der Waals surface area (Å²) in [6.07, 6.45) is -0.258. The van der Waals surface area contributed by atoms with Crippen LogP contribution in [-0.4, -0.2) is 24.5 Å². The third-order valence-electron chi connectivity index (χ3n) is 2.05. The Morgan fingerprint density at radius 1 is 1.47 bits per heavy atom. The molecule has 4 heteroatoms. The Hall–Kier alpha value is -1.68. The number of esters is 1. The van der Waals surface area contributed by atoms with E-state index in [1.807, 2.05) is 0 Å². The molecule has 1 N–H and O–H groups in total. The third kappa shape index (κ3) is 3.18. The Morgan fingerprint density at radius 2 is 2.07 bits per heavy atom. The summed E-state index contributed by atoms with van der Waals surface area (Å²) in [7, 11) is 1.27. The van der Waals surface area contributed by atoms with E-state index in [-0.39, 0.29) is 6.42 Å². The highest BCUT2D eigenvalue weighted by molar-refractivity contribution is 5.74. The zero-order chi connectivity index (χ0) is 11.3. The van der Waals surface area contributed by atoms with Gasteiger partial charge in [-0.3, -0.25) is 9.59 Å². The summed E-state index contributed by atoms with van der Waals surface area (Å²) in [5, 5.41) is 9.60. The standard InChI is InChI=1S/C11H12O4/c1-15-11(14)6-10(13)9-4-2-8(7-12)3-5-9/h2-5,7,10,13H,6H2,1H3. The summed E-state index contributed by atoms with van der Waals surface area (Å²) in [5.74, 6) is -0.470. The van der Waals surface area contributed by atoms with Crippen molar-refractivity contribution in [2.24, 2.45) is 0 Å². The second-order valence-corrected chi connectivity index (χ2v) is 3.08. The Morgan fingerprint density at radius 3 is 2.53 bits per heavy atom. The van der Waals surface area contributed by atoms with Crippen molar-refractivity contribution in [3.8, 4) is 0 Å². The SMILES string of the molecule is COC(=O)CC(O)c1ccc(C=O)cc1. The summed E-state index contributed by atoms with van der Waals surface area (Å²) in [4.78, 5) is 21.3. The zero-order valence-electron chi connectivity index (χ0n) is 8.34. The molecule has 0 fully saturated rings. The van der Waals surface area contributed by atoms with Crippen molar-refractivity contribution >= 4 is 12.3 Å². The number of aldehydes is 1. The smallest absolute Gasteiger partial charge is 0.308 e. The number of aliphatic hydroxyl groups excluding tert-OH is 1. The largest absolute Gasteiger partial charge is 0.469 e. The molecule has 0 bridgehead atoms. The molecule has 80 valence electrons. The average Bonchev–Trinajstić information content (AvgIpc) is 2.29. The lowest BCUT2D eigenvalue weighted by atomic mass is 10.1. The van der Waals surface area contributed by atoms with E-state index in [0.29, 0.717) is 11.1 Å². The lowest BCUT2D eigenvalue weighted by molar-refractivity contribution is -0.142. The number of hydrogen-bond donors (Lipinski definition) is 1. The summed E-state index contributed by atoms with van der Waals surface area (Å²) in [6, 6.07) is 6.39. The molecular weight excluding hydrogens is 196 g/mol. The van der Waals surface area contributed by atoms with Crippen LogP contribution < -0.4 is 0 Å². The van der Waals surface area contributed by atoms with Gasteiger partial charge in [-0.2, -0.15) is 0 Å². The summed E-state index contributed by atoms with van der Waals surface area (Å²) >= 11 is 0. The second kappa shape index (κ2) is 5.26. The van der Waals surface area contributed by atoms with Crippen molar-refractivity contribution in [1.82, 2.24) is 0 Å². The maximum atomic E-state index is 10.9. The van der Waals surface area contributed by atoms with Gasteiger partial charge < -0.3 is 9.84 Å². The Balaban J connectivity index is 2.69. The van der Waals surface area contributed by atoms with E-state index in [4.69, 9.17) is 0 Å². The molecule has 0 saturated carbocycles. The first-order chi connectivity index (χ1) is 7.17. The van der Waals surface area contributed by atoms with Gasteiger partial charge in [0, 0.05) is 5.56 Å². The molecule has 4 nitrogen and oxygen atoms in total. The van der Waals surface area contributed by atoms with Crippen LogP contribution in [0.1, 0.15) is 28.4 Å². The fraction of sp³-hybridized carbons (Fsp3) is 0.273. The number of benzene rings is 1. The third-order valence-corrected chi connectivity index (χ3v) is 2.05. The second-order valence-electron chi connectivity index (χ2n) is 3.08. The van der Waals surface area contributed by atoms with Crippen LogP contribution in [0.4, 0.5) is 0 Å². The molecule has 0 heterocycles. The molecule has 0 amide bonds. The molecule has 1 atom stereocenters. The van der Waals surface area contributed by atoms with Crippen LogP contribution in [0, 0.1) is 0 Å². The van der Waals surface area contributed by atoms with E-state index >= 15 is 0 Å². The van der Waals surface area contributed by atoms with Crippen LogP contribution in [-0.2, 0) is 9.53 Å². The number of aliphatic hydroxyl groups is 1. The Bertz CT molecular complexity index is 342. The zero-order valence-corrected chi connectivity index (χ0v) is 8.34. The Labute approximate surface area is 87.5 Å². The minimum Gasteiger partial charge on any atom is -0.469 e. The van der Waals surface area contributed by atoms with Gasteiger partial charge in [0.15, 0.2) is 0 Å². The van der Waals surface area contributed by atoms with Crippen molar-refractivity contribution in [3.05, 3.63) is 35.4 Å². The topological polar surface area (TPSA) is 63.6 Å². The van der Waals surface area contributed by atoms with E-state index in [1.54, 1.807) is 24.3 Å². The van der Waals surface area contributed by atoms with E-state index in [1.165, 1.54) is 7.11 Å². The van der Waals surface area contributed by atoms with Crippen molar-refractivity contribution in [1.29, 1.82) is 0 Å². The highest BCUT2D eigenvalue weighted by Crippen LogP contribution is 2.17. The molecule has 1 rings (SSSR count). The summed E-state index contributed by atoms with van der Waals surface area (Å²) in [6.45, 7) is 0. The first-order valence-electron chi connectivity index (χ1n) is 4.47. The minimum absolute atomic E-state index is 0.0864. The molecule has 0 aliphatic carbocycles. The number of hydrogen-bond acceptors (Lipinski definition) is 4. The Kier molecular flexibility index (Phi) is 4.00. The molecule has 0 aliphatic rings. The highest BCUT2D eigenvalue weighted by atomic mass is 16.5. The minimum atomic E-state index is -0.891. The molecule has 15 heavy (non-hydrogen) atoms. The van der Waals surface area contributed by atoms with E-state index < -0.39 is 12.1 Å². The average molecular weight is 208 g/mol. The van der Waals surface area contributed by atoms with Crippen molar-refractivity contribution in [3.63, 3.8) is 0 Å². The van der Waals surface area contributed by atoms with Crippen molar-refractivity contribution < 1.29 is 19.4 Å². The van der Waals surface area contributed by atoms with Crippen molar-refractivity contribution in [2.45, 2.75) is 12.5 Å². The van der Waals surface area contributed by atoms with Gasteiger partial charge >= 0.3 is 5.97 Å². The number of rotatable bonds is 4. The van der Waals surface area contributed by atoms with Crippen LogP contribution >= 0.6 is 0 Å². The van der Waals surface area contributed by atoms with E-state index in [9.17, 15) is 14.7 Å². The summed E-state index contributed by atoms with van der Waals surface area (Å²) in [5.41, 5.74) is 1.12. The predicted molar refractivity (Wildman–Crippen MR) is 53.4 cm³/mol. The predicted octanol–water partition coefficient (Wildman–Crippen LogP) is 1.10. The summed E-state index contributed by atoms with van der Waals surface area (Å²) < 4.78 is 4.43. The van der Waals surface area contributed by atoms with E-state index in [2.05, 4.69) is 4.74 Å². The van der Waals surface area contributed by atoms with Gasteiger partial charge in [0.2, 0.25) is 0 Å².